The summed E-state index contributed by atoms with van der Waals surface area (Å²) >= 11 is 5.72. The molecule has 1 aliphatic carbocycles. The normalized spacial score (nSPS) is 18.3. The topological polar surface area (TPSA) is 54.9 Å². The first-order valence-corrected chi connectivity index (χ1v) is 6.83. The molecule has 1 N–H and O–H groups in total. The lowest BCUT2D eigenvalue weighted by Gasteiger charge is -2.28. The Balaban J connectivity index is 1.94. The van der Waals surface area contributed by atoms with Crippen LogP contribution in [0, 0.1) is 5.92 Å². The maximum absolute atomic E-state index is 12.0. The fourth-order valence-electron chi connectivity index (χ4n) is 2.48. The van der Waals surface area contributed by atoms with Crippen molar-refractivity contribution in [2.75, 3.05) is 0 Å². The average Bonchev–Trinajstić information content (AvgIpc) is 2.39. The number of hydrogen-bond acceptors (Lipinski definition) is 3. The van der Waals surface area contributed by atoms with E-state index in [1.807, 2.05) is 0 Å². The van der Waals surface area contributed by atoms with Crippen LogP contribution in [0.5, 0.6) is 0 Å². The molecule has 98 valence electrons. The van der Waals surface area contributed by atoms with E-state index in [1.165, 1.54) is 44.5 Å². The van der Waals surface area contributed by atoms with Crippen LogP contribution in [0.1, 0.15) is 49.5 Å². The van der Waals surface area contributed by atoms with Crippen LogP contribution in [0.4, 0.5) is 0 Å². The van der Waals surface area contributed by atoms with Crippen molar-refractivity contribution in [3.05, 3.63) is 23.2 Å². The third-order valence-corrected chi connectivity index (χ3v) is 3.74. The Kier molecular flexibility index (Phi) is 4.53. The second-order valence-electron chi connectivity index (χ2n) is 4.89. The Bertz CT molecular complexity index is 418. The molecule has 0 radical (unpaired) electrons. The molecule has 1 aliphatic rings. The SMILES string of the molecule is CC(NC(=O)c1cncc(Cl)n1)C1CCCCC1. The molecule has 1 atom stereocenters. The number of hydrogen-bond donors (Lipinski definition) is 1. The highest BCUT2D eigenvalue weighted by Crippen LogP contribution is 2.26. The first kappa shape index (κ1) is 13.3. The molecule has 0 spiro atoms. The summed E-state index contributed by atoms with van der Waals surface area (Å²) in [5, 5.41) is 3.24. The van der Waals surface area contributed by atoms with Gasteiger partial charge in [-0.2, -0.15) is 0 Å². The first-order valence-electron chi connectivity index (χ1n) is 6.45. The average molecular weight is 268 g/mol. The summed E-state index contributed by atoms with van der Waals surface area (Å²) in [6.45, 7) is 2.06. The molecule has 1 aromatic heterocycles. The molecular weight excluding hydrogens is 250 g/mol. The van der Waals surface area contributed by atoms with Crippen molar-refractivity contribution in [3.63, 3.8) is 0 Å². The Morgan fingerprint density at radius 1 is 1.39 bits per heavy atom. The highest BCUT2D eigenvalue weighted by molar-refractivity contribution is 6.29. The maximum atomic E-state index is 12.0. The number of aromatic nitrogens is 2. The van der Waals surface area contributed by atoms with E-state index in [2.05, 4.69) is 22.2 Å². The summed E-state index contributed by atoms with van der Waals surface area (Å²) in [6.07, 6.45) is 9.10. The highest BCUT2D eigenvalue weighted by Gasteiger charge is 2.22. The second-order valence-corrected chi connectivity index (χ2v) is 5.27. The molecule has 0 aromatic carbocycles. The predicted molar refractivity (Wildman–Crippen MR) is 70.5 cm³/mol. The van der Waals surface area contributed by atoms with Crippen LogP contribution in [-0.4, -0.2) is 21.9 Å². The summed E-state index contributed by atoms with van der Waals surface area (Å²) in [5.41, 5.74) is 0.283. The van der Waals surface area contributed by atoms with Crippen LogP contribution in [-0.2, 0) is 0 Å². The van der Waals surface area contributed by atoms with Gasteiger partial charge in [0.15, 0.2) is 0 Å². The molecule has 4 nitrogen and oxygen atoms in total. The van der Waals surface area contributed by atoms with Crippen LogP contribution in [0.25, 0.3) is 0 Å². The minimum atomic E-state index is -0.192. The zero-order valence-corrected chi connectivity index (χ0v) is 11.3. The van der Waals surface area contributed by atoms with Gasteiger partial charge in [-0.25, -0.2) is 4.98 Å². The van der Waals surface area contributed by atoms with Crippen molar-refractivity contribution in [3.8, 4) is 0 Å². The van der Waals surface area contributed by atoms with Gasteiger partial charge in [0.25, 0.3) is 5.91 Å². The van der Waals surface area contributed by atoms with Crippen LogP contribution in [0.3, 0.4) is 0 Å². The Morgan fingerprint density at radius 3 is 2.78 bits per heavy atom. The summed E-state index contributed by atoms with van der Waals surface area (Å²) in [7, 11) is 0. The van der Waals surface area contributed by atoms with Gasteiger partial charge in [0.05, 0.1) is 12.4 Å². The minimum absolute atomic E-state index is 0.179. The Morgan fingerprint density at radius 2 is 2.11 bits per heavy atom. The quantitative estimate of drug-likeness (QED) is 0.916. The molecule has 1 heterocycles. The lowest BCUT2D eigenvalue weighted by Crippen LogP contribution is -2.39. The zero-order valence-electron chi connectivity index (χ0n) is 10.5. The van der Waals surface area contributed by atoms with Crippen molar-refractivity contribution < 1.29 is 4.79 Å². The smallest absolute Gasteiger partial charge is 0.271 e. The zero-order chi connectivity index (χ0) is 13.0. The molecule has 1 aromatic rings. The van der Waals surface area contributed by atoms with Gasteiger partial charge >= 0.3 is 0 Å². The van der Waals surface area contributed by atoms with E-state index in [4.69, 9.17) is 11.6 Å². The maximum Gasteiger partial charge on any atom is 0.271 e. The molecule has 0 aliphatic heterocycles. The van der Waals surface area contributed by atoms with Crippen molar-refractivity contribution in [1.29, 1.82) is 0 Å². The number of carbonyl (C=O) groups is 1. The first-order chi connectivity index (χ1) is 8.66. The van der Waals surface area contributed by atoms with Crippen LogP contribution in [0.2, 0.25) is 5.15 Å². The standard InChI is InChI=1S/C13H18ClN3O/c1-9(10-5-3-2-4-6-10)16-13(18)11-7-15-8-12(14)17-11/h7-10H,2-6H2,1H3,(H,16,18). The molecule has 0 bridgehead atoms. The number of halogens is 1. The molecule has 1 unspecified atom stereocenters. The van der Waals surface area contributed by atoms with Crippen LogP contribution in [0.15, 0.2) is 12.4 Å². The van der Waals surface area contributed by atoms with Crippen molar-refractivity contribution >= 4 is 17.5 Å². The monoisotopic (exact) mass is 267 g/mol. The van der Waals surface area contributed by atoms with Gasteiger partial charge in [-0.1, -0.05) is 30.9 Å². The van der Waals surface area contributed by atoms with Crippen LogP contribution >= 0.6 is 11.6 Å². The summed E-state index contributed by atoms with van der Waals surface area (Å²) in [4.78, 5) is 19.8. The highest BCUT2D eigenvalue weighted by atomic mass is 35.5. The minimum Gasteiger partial charge on any atom is -0.348 e. The predicted octanol–water partition coefficient (Wildman–Crippen LogP) is 2.83. The van der Waals surface area contributed by atoms with Gasteiger partial charge < -0.3 is 5.32 Å². The molecule has 0 saturated heterocycles. The van der Waals surface area contributed by atoms with E-state index >= 15 is 0 Å². The molecule has 1 fully saturated rings. The van der Waals surface area contributed by atoms with E-state index in [-0.39, 0.29) is 22.8 Å². The van der Waals surface area contributed by atoms with Gasteiger partial charge in [0.1, 0.15) is 10.8 Å². The lowest BCUT2D eigenvalue weighted by atomic mass is 9.84. The summed E-state index contributed by atoms with van der Waals surface area (Å²) < 4.78 is 0. The van der Waals surface area contributed by atoms with Crippen molar-refractivity contribution in [2.45, 2.75) is 45.1 Å². The fourth-order valence-corrected chi connectivity index (χ4v) is 2.63. The van der Waals surface area contributed by atoms with Gasteiger partial charge in [-0.3, -0.25) is 9.78 Å². The molecule has 2 rings (SSSR count). The number of nitrogens with one attached hydrogen (secondary N) is 1. The van der Waals surface area contributed by atoms with E-state index in [0.29, 0.717) is 5.92 Å². The van der Waals surface area contributed by atoms with E-state index in [0.717, 1.165) is 0 Å². The van der Waals surface area contributed by atoms with Crippen molar-refractivity contribution in [2.24, 2.45) is 5.92 Å². The lowest BCUT2D eigenvalue weighted by molar-refractivity contribution is 0.0914. The van der Waals surface area contributed by atoms with Crippen molar-refractivity contribution in [1.82, 2.24) is 15.3 Å². The number of rotatable bonds is 3. The second kappa shape index (κ2) is 6.14. The van der Waals surface area contributed by atoms with E-state index in [9.17, 15) is 4.79 Å². The van der Waals surface area contributed by atoms with Gasteiger partial charge in [-0.05, 0) is 25.7 Å². The van der Waals surface area contributed by atoms with E-state index < -0.39 is 0 Å². The third kappa shape index (κ3) is 3.42. The van der Waals surface area contributed by atoms with Gasteiger partial charge in [0, 0.05) is 6.04 Å². The Hall–Kier alpha value is -1.16. The molecule has 1 amide bonds. The largest absolute Gasteiger partial charge is 0.348 e. The molecule has 1 saturated carbocycles. The third-order valence-electron chi connectivity index (χ3n) is 3.55. The van der Waals surface area contributed by atoms with Gasteiger partial charge in [0.2, 0.25) is 0 Å². The summed E-state index contributed by atoms with van der Waals surface area (Å²) in [6, 6.07) is 0.179. The molecular formula is C13H18ClN3O. The number of amides is 1. The van der Waals surface area contributed by atoms with E-state index in [1.54, 1.807) is 0 Å². The summed E-state index contributed by atoms with van der Waals surface area (Å²) in [5.74, 6) is 0.387. The number of carbonyl (C=O) groups excluding carboxylic acids is 1. The number of nitrogens with zero attached hydrogens (tertiary/aromatic N) is 2. The van der Waals surface area contributed by atoms with Gasteiger partial charge in [-0.15, -0.1) is 0 Å². The molecule has 5 heteroatoms. The van der Waals surface area contributed by atoms with Crippen LogP contribution < -0.4 is 5.32 Å². The molecule has 18 heavy (non-hydrogen) atoms. The Labute approximate surface area is 112 Å². The fraction of sp³-hybridized carbons (Fsp3) is 0.615.